The minimum absolute atomic E-state index is 0.0535. The van der Waals surface area contributed by atoms with Crippen LogP contribution in [0.5, 0.6) is 0 Å². The molecule has 4 heteroatoms. The van der Waals surface area contributed by atoms with Gasteiger partial charge in [0.25, 0.3) is 0 Å². The largest absolute Gasteiger partial charge is 0.354 e. The number of pyridine rings is 2. The zero-order chi connectivity index (χ0) is 20.0. The van der Waals surface area contributed by atoms with Gasteiger partial charge in [-0.1, -0.05) is 36.4 Å². The molecule has 0 aliphatic carbocycles. The second kappa shape index (κ2) is 5.24. The van der Waals surface area contributed by atoms with Gasteiger partial charge in [0.05, 0.1) is 21.8 Å². The van der Waals surface area contributed by atoms with E-state index in [1.807, 2.05) is 60.7 Å². The van der Waals surface area contributed by atoms with E-state index in [1.54, 1.807) is 12.1 Å². The van der Waals surface area contributed by atoms with Crippen molar-refractivity contribution >= 4 is 65.2 Å². The van der Waals surface area contributed by atoms with Crippen LogP contribution in [-0.2, 0) is 0 Å². The van der Waals surface area contributed by atoms with Crippen molar-refractivity contribution in [2.45, 2.75) is 0 Å². The average molecular weight is 386 g/mol. The zero-order valence-electron chi connectivity index (χ0n) is 15.7. The Hall–Kier alpha value is -4.18. The van der Waals surface area contributed by atoms with Crippen LogP contribution in [0.2, 0.25) is 0 Å². The van der Waals surface area contributed by atoms with E-state index in [-0.39, 0.29) is 10.9 Å². The number of hydrogen-bond donors (Lipinski definition) is 2. The molecule has 0 spiro atoms. The van der Waals surface area contributed by atoms with Gasteiger partial charge in [-0.2, -0.15) is 0 Å². The lowest BCUT2D eigenvalue weighted by Gasteiger charge is -2.16. The van der Waals surface area contributed by atoms with E-state index in [0.717, 1.165) is 54.4 Å². The number of hydrogen-bond acceptors (Lipinski definition) is 2. The van der Waals surface area contributed by atoms with E-state index in [1.165, 1.54) is 0 Å². The Morgan fingerprint density at radius 1 is 0.433 bits per heavy atom. The number of H-pyrrole nitrogens is 2. The van der Waals surface area contributed by atoms with Crippen molar-refractivity contribution in [3.63, 3.8) is 0 Å². The van der Waals surface area contributed by atoms with E-state index in [0.29, 0.717) is 10.8 Å². The topological polar surface area (TPSA) is 65.7 Å². The zero-order valence-corrected chi connectivity index (χ0v) is 15.7. The summed E-state index contributed by atoms with van der Waals surface area (Å²) in [7, 11) is 0. The fraction of sp³-hybridized carbons (Fsp3) is 0. The summed E-state index contributed by atoms with van der Waals surface area (Å²) in [5.74, 6) is 0. The van der Waals surface area contributed by atoms with Gasteiger partial charge < -0.3 is 9.97 Å². The summed E-state index contributed by atoms with van der Waals surface area (Å²) >= 11 is 0. The van der Waals surface area contributed by atoms with Crippen molar-refractivity contribution in [1.29, 1.82) is 0 Å². The van der Waals surface area contributed by atoms with Crippen LogP contribution in [0.25, 0.3) is 65.2 Å². The molecule has 0 fully saturated rings. The van der Waals surface area contributed by atoms with Crippen molar-refractivity contribution in [3.8, 4) is 0 Å². The molecular formula is C26H14N2O2. The first-order chi connectivity index (χ1) is 14.7. The summed E-state index contributed by atoms with van der Waals surface area (Å²) in [4.78, 5) is 33.2. The molecule has 7 aromatic rings. The fourth-order valence-corrected chi connectivity index (χ4v) is 5.06. The van der Waals surface area contributed by atoms with Gasteiger partial charge in [-0.3, -0.25) is 9.59 Å². The van der Waals surface area contributed by atoms with E-state index in [2.05, 4.69) is 9.97 Å². The first-order valence-corrected chi connectivity index (χ1v) is 9.88. The summed E-state index contributed by atoms with van der Waals surface area (Å²) in [5.41, 5.74) is 3.22. The number of fused-ring (bicyclic) bond motifs is 6. The Labute approximate surface area is 168 Å². The first-order valence-electron chi connectivity index (χ1n) is 9.88. The highest BCUT2D eigenvalue weighted by atomic mass is 16.1. The molecule has 0 aliphatic rings. The normalized spacial score (nSPS) is 12.3. The number of benzene rings is 5. The summed E-state index contributed by atoms with van der Waals surface area (Å²) in [6, 6.07) is 23.0. The maximum Gasteiger partial charge on any atom is 0.188 e. The van der Waals surface area contributed by atoms with Gasteiger partial charge in [0, 0.05) is 32.6 Å². The van der Waals surface area contributed by atoms with E-state index in [4.69, 9.17) is 0 Å². The number of para-hydroxylation sites is 2. The summed E-state index contributed by atoms with van der Waals surface area (Å²) in [6.45, 7) is 0. The minimum atomic E-state index is -0.0535. The molecule has 4 nitrogen and oxygen atoms in total. The number of aromatic nitrogens is 2. The standard InChI is InChI=1S/C26H14N2O2/c29-19-11-9-15-13-5-1-3-7-17(13)27-25-21(15)23(19)26-22-16(10-12-20(30)24(22)25)14-6-2-4-8-18(14)28-26/h1-12,27-28H. The Morgan fingerprint density at radius 2 is 0.867 bits per heavy atom. The third kappa shape index (κ3) is 1.77. The van der Waals surface area contributed by atoms with Crippen molar-refractivity contribution in [3.05, 3.63) is 93.2 Å². The van der Waals surface area contributed by atoms with Gasteiger partial charge in [-0.25, -0.2) is 0 Å². The van der Waals surface area contributed by atoms with Crippen LogP contribution in [0.3, 0.4) is 0 Å². The van der Waals surface area contributed by atoms with Crippen LogP contribution in [0.15, 0.2) is 82.4 Å². The first kappa shape index (κ1) is 15.7. The van der Waals surface area contributed by atoms with E-state index in [9.17, 15) is 9.59 Å². The molecule has 0 bridgehead atoms. The lowest BCUT2D eigenvalue weighted by Crippen LogP contribution is -2.08. The predicted molar refractivity (Wildman–Crippen MR) is 124 cm³/mol. The van der Waals surface area contributed by atoms with E-state index >= 15 is 0 Å². The number of nitrogens with one attached hydrogen (secondary N) is 2. The smallest absolute Gasteiger partial charge is 0.188 e. The van der Waals surface area contributed by atoms with Crippen molar-refractivity contribution in [2.24, 2.45) is 0 Å². The lowest BCUT2D eigenvalue weighted by molar-refractivity contribution is 1.49. The summed E-state index contributed by atoms with van der Waals surface area (Å²) in [6.07, 6.45) is 0. The molecule has 0 unspecified atom stereocenters. The minimum Gasteiger partial charge on any atom is -0.354 e. The monoisotopic (exact) mass is 386 g/mol. The van der Waals surface area contributed by atoms with Crippen LogP contribution in [0, 0.1) is 0 Å². The van der Waals surface area contributed by atoms with Crippen LogP contribution in [0.4, 0.5) is 0 Å². The average Bonchev–Trinajstić information content (AvgIpc) is 2.78. The van der Waals surface area contributed by atoms with E-state index < -0.39 is 0 Å². The third-order valence-corrected chi connectivity index (χ3v) is 6.29. The second-order valence-corrected chi connectivity index (χ2v) is 7.81. The van der Waals surface area contributed by atoms with Crippen LogP contribution in [-0.4, -0.2) is 9.97 Å². The Balaban J connectivity index is 1.99. The molecule has 0 radical (unpaired) electrons. The maximum absolute atomic E-state index is 13.1. The molecule has 140 valence electrons. The number of rotatable bonds is 0. The van der Waals surface area contributed by atoms with Crippen LogP contribution >= 0.6 is 0 Å². The fourth-order valence-electron chi connectivity index (χ4n) is 5.06. The Bertz CT molecular complexity index is 1800. The Kier molecular flexibility index (Phi) is 2.75. The van der Waals surface area contributed by atoms with Gasteiger partial charge in [-0.05, 0) is 47.2 Å². The third-order valence-electron chi connectivity index (χ3n) is 6.29. The van der Waals surface area contributed by atoms with Crippen molar-refractivity contribution in [1.82, 2.24) is 9.97 Å². The maximum atomic E-state index is 13.1. The van der Waals surface area contributed by atoms with Gasteiger partial charge >= 0.3 is 0 Å². The molecule has 0 aliphatic heterocycles. The predicted octanol–water partition coefficient (Wildman–Crippen LogP) is 5.42. The van der Waals surface area contributed by atoms with Crippen LogP contribution in [0.1, 0.15) is 0 Å². The number of aromatic amines is 2. The summed E-state index contributed by atoms with van der Waals surface area (Å²) in [5, 5.41) is 6.87. The quantitative estimate of drug-likeness (QED) is 0.270. The van der Waals surface area contributed by atoms with Crippen molar-refractivity contribution in [2.75, 3.05) is 0 Å². The molecule has 0 amide bonds. The highest BCUT2D eigenvalue weighted by Crippen LogP contribution is 2.39. The second-order valence-electron chi connectivity index (χ2n) is 7.81. The van der Waals surface area contributed by atoms with Gasteiger partial charge in [0.15, 0.2) is 10.9 Å². The van der Waals surface area contributed by atoms with Crippen LogP contribution < -0.4 is 10.9 Å². The van der Waals surface area contributed by atoms with Gasteiger partial charge in [-0.15, -0.1) is 0 Å². The highest BCUT2D eigenvalue weighted by Gasteiger charge is 2.20. The highest BCUT2D eigenvalue weighted by molar-refractivity contribution is 6.35. The lowest BCUT2D eigenvalue weighted by atomic mass is 9.91. The molecule has 5 aromatic carbocycles. The Morgan fingerprint density at radius 3 is 1.33 bits per heavy atom. The molecule has 2 aromatic heterocycles. The molecule has 0 saturated heterocycles. The SMILES string of the molecule is O=c1ccc2c3ccccc3[nH]c3c4c(=O)ccc5c6ccccc6[nH]c(c1c23)c54. The molecular weight excluding hydrogens is 372 g/mol. The van der Waals surface area contributed by atoms with Gasteiger partial charge in [0.2, 0.25) is 0 Å². The van der Waals surface area contributed by atoms with Crippen molar-refractivity contribution < 1.29 is 0 Å². The molecule has 0 saturated carbocycles. The summed E-state index contributed by atoms with van der Waals surface area (Å²) < 4.78 is 0. The van der Waals surface area contributed by atoms with Gasteiger partial charge in [0.1, 0.15) is 0 Å². The molecule has 2 N–H and O–H groups in total. The molecule has 0 atom stereocenters. The molecule has 30 heavy (non-hydrogen) atoms. The molecule has 7 rings (SSSR count). The molecule has 2 heterocycles.